The Labute approximate surface area is 141 Å². The molecule has 0 radical (unpaired) electrons. The summed E-state index contributed by atoms with van der Waals surface area (Å²) in [5.74, 6) is 5.56. The van der Waals surface area contributed by atoms with Crippen molar-refractivity contribution in [3.63, 3.8) is 0 Å². The lowest BCUT2D eigenvalue weighted by atomic mass is 9.44. The molecule has 0 spiro atoms. The Kier molecular flexibility index (Phi) is 3.47. The quantitative estimate of drug-likeness (QED) is 0.668. The molecule has 4 aliphatic rings. The van der Waals surface area contributed by atoms with Gasteiger partial charge in [0.15, 0.2) is 0 Å². The van der Waals surface area contributed by atoms with Gasteiger partial charge in [-0.25, -0.2) is 0 Å². The highest BCUT2D eigenvalue weighted by atomic mass is 16.3. The van der Waals surface area contributed by atoms with Crippen molar-refractivity contribution in [1.29, 1.82) is 0 Å². The molecule has 0 amide bonds. The average Bonchev–Trinajstić information content (AvgIpc) is 2.80. The first kappa shape index (κ1) is 16.0. The van der Waals surface area contributed by atoms with Gasteiger partial charge in [0.05, 0.1) is 6.10 Å². The van der Waals surface area contributed by atoms with Crippen molar-refractivity contribution >= 4 is 0 Å². The molecule has 0 aromatic heterocycles. The standard InChI is InChI=1S/C21H32O2/c1-4-21(23)12-9-18-16-6-5-14-13-15(22)7-10-19(14,2)17(16)8-11-20(18,21)3/h1,14-18,22-23H,5-13H2,2-3H3/t14-,15-,16+,17+,18+,19-,20-,21-/m0/s1. The van der Waals surface area contributed by atoms with Crippen molar-refractivity contribution in [3.05, 3.63) is 0 Å². The van der Waals surface area contributed by atoms with Gasteiger partial charge < -0.3 is 10.2 Å². The van der Waals surface area contributed by atoms with Crippen LogP contribution in [0.25, 0.3) is 0 Å². The maximum absolute atomic E-state index is 11.0. The third-order valence-electron chi connectivity index (χ3n) is 9.03. The van der Waals surface area contributed by atoms with E-state index in [0.717, 1.165) is 43.9 Å². The molecule has 2 heteroatoms. The lowest BCUT2D eigenvalue weighted by Gasteiger charge is -2.61. The van der Waals surface area contributed by atoms with Crippen molar-refractivity contribution in [2.75, 3.05) is 0 Å². The summed E-state index contributed by atoms with van der Waals surface area (Å²) in [4.78, 5) is 0. The van der Waals surface area contributed by atoms with Gasteiger partial charge in [0.2, 0.25) is 0 Å². The number of hydrogen-bond donors (Lipinski definition) is 2. The van der Waals surface area contributed by atoms with Crippen molar-refractivity contribution in [1.82, 2.24) is 0 Å². The van der Waals surface area contributed by atoms with Crippen LogP contribution in [0.3, 0.4) is 0 Å². The highest BCUT2D eigenvalue weighted by Gasteiger charge is 2.64. The Morgan fingerprint density at radius 3 is 2.43 bits per heavy atom. The number of hydrogen-bond acceptors (Lipinski definition) is 2. The molecule has 4 saturated carbocycles. The third kappa shape index (κ3) is 1.96. The summed E-state index contributed by atoms with van der Waals surface area (Å²) in [6, 6.07) is 0. The second-order valence-corrected chi connectivity index (χ2v) is 9.58. The summed E-state index contributed by atoms with van der Waals surface area (Å²) in [6.45, 7) is 4.77. The maximum atomic E-state index is 11.0. The molecule has 128 valence electrons. The summed E-state index contributed by atoms with van der Waals surface area (Å²) >= 11 is 0. The van der Waals surface area contributed by atoms with E-state index in [0.29, 0.717) is 17.3 Å². The predicted octanol–water partition coefficient (Wildman–Crippen LogP) is 3.75. The van der Waals surface area contributed by atoms with E-state index in [4.69, 9.17) is 6.42 Å². The van der Waals surface area contributed by atoms with Crippen LogP contribution in [0.2, 0.25) is 0 Å². The SMILES string of the molecule is C#C[C@]1(O)CC[C@@H]2[C@@H]3CC[C@H]4C[C@@H](O)CC[C@]4(C)[C@@H]3CC[C@@]21C. The van der Waals surface area contributed by atoms with E-state index in [1.165, 1.54) is 25.7 Å². The van der Waals surface area contributed by atoms with E-state index in [1.807, 2.05) is 0 Å². The van der Waals surface area contributed by atoms with Gasteiger partial charge >= 0.3 is 0 Å². The molecule has 0 aliphatic heterocycles. The van der Waals surface area contributed by atoms with E-state index < -0.39 is 5.60 Å². The van der Waals surface area contributed by atoms with Gasteiger partial charge in [-0.1, -0.05) is 19.8 Å². The van der Waals surface area contributed by atoms with Crippen molar-refractivity contribution in [2.45, 2.75) is 83.3 Å². The molecule has 4 fully saturated rings. The van der Waals surface area contributed by atoms with Crippen LogP contribution in [0.1, 0.15) is 71.6 Å². The zero-order chi connectivity index (χ0) is 16.5. The van der Waals surface area contributed by atoms with E-state index >= 15 is 0 Å². The minimum Gasteiger partial charge on any atom is -0.393 e. The molecule has 23 heavy (non-hydrogen) atoms. The van der Waals surface area contributed by atoms with E-state index in [1.54, 1.807) is 0 Å². The molecule has 2 nitrogen and oxygen atoms in total. The molecular formula is C21H32O2. The van der Waals surface area contributed by atoms with E-state index in [2.05, 4.69) is 19.8 Å². The molecular weight excluding hydrogens is 284 g/mol. The average molecular weight is 316 g/mol. The Bertz CT molecular complexity index is 536. The first-order chi connectivity index (χ1) is 10.8. The minimum atomic E-state index is -0.886. The summed E-state index contributed by atoms with van der Waals surface area (Å²) in [5, 5.41) is 21.1. The fourth-order valence-electron chi connectivity index (χ4n) is 7.49. The molecule has 0 heterocycles. The lowest BCUT2D eigenvalue weighted by Crippen LogP contribution is -2.56. The van der Waals surface area contributed by atoms with Crippen molar-refractivity contribution < 1.29 is 10.2 Å². The molecule has 8 atom stereocenters. The third-order valence-corrected chi connectivity index (χ3v) is 9.03. The summed E-state index contributed by atoms with van der Waals surface area (Å²) in [5.41, 5.74) is -0.566. The zero-order valence-electron chi connectivity index (χ0n) is 14.7. The minimum absolute atomic E-state index is 0.0727. The van der Waals surface area contributed by atoms with Gasteiger partial charge in [0.25, 0.3) is 0 Å². The molecule has 0 unspecified atom stereocenters. The number of fused-ring (bicyclic) bond motifs is 5. The molecule has 4 rings (SSSR count). The van der Waals surface area contributed by atoms with Crippen LogP contribution in [0.15, 0.2) is 0 Å². The van der Waals surface area contributed by atoms with E-state index in [-0.39, 0.29) is 11.5 Å². The zero-order valence-corrected chi connectivity index (χ0v) is 14.7. The number of aliphatic hydroxyl groups is 2. The molecule has 2 N–H and O–H groups in total. The van der Waals surface area contributed by atoms with E-state index in [9.17, 15) is 10.2 Å². The Hall–Kier alpha value is -0.520. The number of terminal acetylenes is 1. The molecule has 4 aliphatic carbocycles. The second-order valence-electron chi connectivity index (χ2n) is 9.58. The van der Waals surface area contributed by atoms with Crippen LogP contribution in [0, 0.1) is 46.8 Å². The first-order valence-corrected chi connectivity index (χ1v) is 9.72. The molecule has 0 aromatic rings. The van der Waals surface area contributed by atoms with Gasteiger partial charge in [0, 0.05) is 5.41 Å². The van der Waals surface area contributed by atoms with Crippen LogP contribution in [0.5, 0.6) is 0 Å². The monoisotopic (exact) mass is 316 g/mol. The first-order valence-electron chi connectivity index (χ1n) is 9.72. The Balaban J connectivity index is 1.65. The van der Waals surface area contributed by atoms with Crippen LogP contribution < -0.4 is 0 Å². The van der Waals surface area contributed by atoms with Gasteiger partial charge in [-0.2, -0.15) is 0 Å². The summed E-state index contributed by atoms with van der Waals surface area (Å²) < 4.78 is 0. The fraction of sp³-hybridized carbons (Fsp3) is 0.905. The second kappa shape index (κ2) is 4.99. The largest absolute Gasteiger partial charge is 0.393 e. The lowest BCUT2D eigenvalue weighted by molar-refractivity contribution is -0.144. The predicted molar refractivity (Wildman–Crippen MR) is 91.5 cm³/mol. The van der Waals surface area contributed by atoms with Gasteiger partial charge in [-0.3, -0.25) is 0 Å². The normalized spacial score (nSPS) is 58.7. The van der Waals surface area contributed by atoms with Gasteiger partial charge in [-0.15, -0.1) is 6.42 Å². The van der Waals surface area contributed by atoms with Crippen LogP contribution in [-0.4, -0.2) is 21.9 Å². The van der Waals surface area contributed by atoms with Crippen LogP contribution in [-0.2, 0) is 0 Å². The summed E-state index contributed by atoms with van der Waals surface area (Å²) in [7, 11) is 0. The van der Waals surface area contributed by atoms with Gasteiger partial charge in [-0.05, 0) is 86.9 Å². The van der Waals surface area contributed by atoms with Crippen molar-refractivity contribution in [2.24, 2.45) is 34.5 Å². The molecule has 0 saturated heterocycles. The highest BCUT2D eigenvalue weighted by Crippen LogP contribution is 2.68. The summed E-state index contributed by atoms with van der Waals surface area (Å²) in [6.07, 6.45) is 15.6. The molecule has 0 bridgehead atoms. The highest BCUT2D eigenvalue weighted by molar-refractivity contribution is 5.23. The van der Waals surface area contributed by atoms with Crippen molar-refractivity contribution in [3.8, 4) is 12.3 Å². The Morgan fingerprint density at radius 2 is 1.70 bits per heavy atom. The number of rotatable bonds is 0. The smallest absolute Gasteiger partial charge is 0.130 e. The van der Waals surface area contributed by atoms with Crippen LogP contribution in [0.4, 0.5) is 0 Å². The van der Waals surface area contributed by atoms with Crippen LogP contribution >= 0.6 is 0 Å². The number of aliphatic hydroxyl groups excluding tert-OH is 1. The Morgan fingerprint density at radius 1 is 0.957 bits per heavy atom. The fourth-order valence-corrected chi connectivity index (χ4v) is 7.49. The maximum Gasteiger partial charge on any atom is 0.130 e. The molecule has 0 aromatic carbocycles. The topological polar surface area (TPSA) is 40.5 Å². The van der Waals surface area contributed by atoms with Gasteiger partial charge in [0.1, 0.15) is 5.60 Å².